The van der Waals surface area contributed by atoms with Crippen LogP contribution in [0.1, 0.15) is 25.6 Å². The summed E-state index contributed by atoms with van der Waals surface area (Å²) in [6.07, 6.45) is 0. The zero-order chi connectivity index (χ0) is 17.7. The molecule has 0 unspecified atom stereocenters. The van der Waals surface area contributed by atoms with Gasteiger partial charge in [0.15, 0.2) is 0 Å². The molecule has 0 bridgehead atoms. The van der Waals surface area contributed by atoms with E-state index >= 15 is 0 Å². The summed E-state index contributed by atoms with van der Waals surface area (Å²) >= 11 is 0. The molecule has 0 amide bonds. The van der Waals surface area contributed by atoms with Crippen LogP contribution in [0.3, 0.4) is 0 Å². The topological polar surface area (TPSA) is 17.8 Å². The second kappa shape index (κ2) is 5.70. The Bertz CT molecular complexity index is 1250. The monoisotopic (exact) mass is 336 g/mol. The molecule has 0 atom stereocenters. The Balaban J connectivity index is 1.91. The third kappa shape index (κ3) is 2.22. The van der Waals surface area contributed by atoms with Crippen molar-refractivity contribution < 1.29 is 0 Å². The van der Waals surface area contributed by atoms with Crippen molar-refractivity contribution in [2.24, 2.45) is 0 Å². The van der Waals surface area contributed by atoms with Crippen LogP contribution in [0.5, 0.6) is 0 Å². The number of hydrogen-bond acceptors (Lipinski definition) is 1. The van der Waals surface area contributed by atoms with Gasteiger partial charge in [-0.25, -0.2) is 4.98 Å². The van der Waals surface area contributed by atoms with Crippen LogP contribution in [0.25, 0.3) is 38.3 Å². The van der Waals surface area contributed by atoms with Crippen LogP contribution in [-0.2, 0) is 0 Å². The maximum absolute atomic E-state index is 5.01. The number of hydrogen-bond donors (Lipinski definition) is 0. The molecule has 0 aliphatic rings. The molecule has 0 spiro atoms. The highest BCUT2D eigenvalue weighted by Crippen LogP contribution is 2.32. The van der Waals surface area contributed by atoms with E-state index in [2.05, 4.69) is 97.3 Å². The van der Waals surface area contributed by atoms with Gasteiger partial charge in [0.05, 0.1) is 11.0 Å². The summed E-state index contributed by atoms with van der Waals surface area (Å²) < 4.78 is 2.30. The molecule has 0 saturated heterocycles. The zero-order valence-corrected chi connectivity index (χ0v) is 15.0. The van der Waals surface area contributed by atoms with Gasteiger partial charge in [-0.15, -0.1) is 0 Å². The Labute approximate surface area is 152 Å². The van der Waals surface area contributed by atoms with E-state index in [-0.39, 0.29) is 0 Å². The van der Waals surface area contributed by atoms with Crippen LogP contribution >= 0.6 is 0 Å². The molecule has 2 heteroatoms. The molecule has 0 N–H and O–H groups in total. The highest BCUT2D eigenvalue weighted by molar-refractivity contribution is 6.11. The first-order valence-electron chi connectivity index (χ1n) is 9.11. The first-order chi connectivity index (χ1) is 12.7. The molecule has 5 aromatic rings. The van der Waals surface area contributed by atoms with E-state index in [4.69, 9.17) is 4.98 Å². The fourth-order valence-corrected chi connectivity index (χ4v) is 3.83. The van der Waals surface area contributed by atoms with E-state index in [1.54, 1.807) is 0 Å². The number of benzene rings is 4. The number of rotatable bonds is 2. The maximum atomic E-state index is 5.01. The Morgan fingerprint density at radius 1 is 0.731 bits per heavy atom. The molecule has 2 nitrogen and oxygen atoms in total. The summed E-state index contributed by atoms with van der Waals surface area (Å²) in [4.78, 5) is 5.01. The van der Waals surface area contributed by atoms with Crippen LogP contribution in [0.2, 0.25) is 0 Å². The van der Waals surface area contributed by atoms with Crippen molar-refractivity contribution in [3.63, 3.8) is 0 Å². The lowest BCUT2D eigenvalue weighted by molar-refractivity contribution is 0.760. The summed E-state index contributed by atoms with van der Waals surface area (Å²) in [5.41, 5.74) is 3.39. The zero-order valence-electron chi connectivity index (χ0n) is 15.0. The van der Waals surface area contributed by atoms with Gasteiger partial charge in [-0.1, -0.05) is 68.4 Å². The van der Waals surface area contributed by atoms with Crippen molar-refractivity contribution in [1.29, 1.82) is 0 Å². The molecule has 26 heavy (non-hydrogen) atoms. The summed E-state index contributed by atoms with van der Waals surface area (Å²) in [6, 6.07) is 28.0. The van der Waals surface area contributed by atoms with Gasteiger partial charge in [-0.05, 0) is 45.8 Å². The van der Waals surface area contributed by atoms with Crippen molar-refractivity contribution >= 4 is 32.6 Å². The molecule has 4 aromatic carbocycles. The van der Waals surface area contributed by atoms with Crippen LogP contribution in [-0.4, -0.2) is 9.55 Å². The van der Waals surface area contributed by atoms with Crippen LogP contribution in [0.4, 0.5) is 0 Å². The largest absolute Gasteiger partial charge is 0.296 e. The van der Waals surface area contributed by atoms with Gasteiger partial charge in [0.1, 0.15) is 5.82 Å². The van der Waals surface area contributed by atoms with E-state index < -0.39 is 0 Å². The second-order valence-electron chi connectivity index (χ2n) is 7.14. The van der Waals surface area contributed by atoms with Crippen molar-refractivity contribution in [2.75, 3.05) is 0 Å². The fourth-order valence-electron chi connectivity index (χ4n) is 3.83. The number of para-hydroxylation sites is 1. The van der Waals surface area contributed by atoms with Gasteiger partial charge >= 0.3 is 0 Å². The van der Waals surface area contributed by atoms with Gasteiger partial charge in [0, 0.05) is 11.6 Å². The van der Waals surface area contributed by atoms with Crippen LogP contribution in [0, 0.1) is 0 Å². The third-order valence-electron chi connectivity index (χ3n) is 5.08. The lowest BCUT2D eigenvalue weighted by Crippen LogP contribution is -2.02. The van der Waals surface area contributed by atoms with Crippen LogP contribution in [0.15, 0.2) is 78.9 Å². The van der Waals surface area contributed by atoms with Gasteiger partial charge in [0.2, 0.25) is 0 Å². The summed E-state index contributed by atoms with van der Waals surface area (Å²) in [5, 5.41) is 5.07. The molecule has 0 saturated carbocycles. The Kier molecular flexibility index (Phi) is 3.32. The number of nitrogens with zero attached hydrogens (tertiary/aromatic N) is 2. The first kappa shape index (κ1) is 15.2. The highest BCUT2D eigenvalue weighted by atomic mass is 15.1. The van der Waals surface area contributed by atoms with E-state index in [0.717, 1.165) is 11.3 Å². The van der Waals surface area contributed by atoms with Crippen molar-refractivity contribution in [2.45, 2.75) is 19.8 Å². The van der Waals surface area contributed by atoms with E-state index in [9.17, 15) is 0 Å². The molecule has 1 aromatic heterocycles. The molecule has 1 heterocycles. The van der Waals surface area contributed by atoms with Gasteiger partial charge < -0.3 is 0 Å². The Morgan fingerprint density at radius 2 is 1.46 bits per heavy atom. The standard InChI is InChI=1S/C24H20N2/c1-16(2)24-25-22-15-21-18(13-12-17-8-6-7-11-20(17)21)14-23(22)26(24)19-9-4-3-5-10-19/h3-16H,1-2H3. The predicted molar refractivity (Wildman–Crippen MR) is 110 cm³/mol. The number of imidazole rings is 1. The molecule has 0 radical (unpaired) electrons. The van der Waals surface area contributed by atoms with Crippen molar-refractivity contribution in [3.05, 3.63) is 84.7 Å². The average molecular weight is 336 g/mol. The molecule has 0 fully saturated rings. The van der Waals surface area contributed by atoms with Gasteiger partial charge in [0.25, 0.3) is 0 Å². The molecule has 0 aliphatic heterocycles. The molecule has 126 valence electrons. The Hall–Kier alpha value is -3.13. The number of aromatic nitrogens is 2. The first-order valence-corrected chi connectivity index (χ1v) is 9.11. The minimum absolute atomic E-state index is 0.350. The predicted octanol–water partition coefficient (Wildman–Crippen LogP) is 6.46. The van der Waals surface area contributed by atoms with Crippen molar-refractivity contribution in [1.82, 2.24) is 9.55 Å². The second-order valence-corrected chi connectivity index (χ2v) is 7.14. The van der Waals surface area contributed by atoms with Crippen LogP contribution < -0.4 is 0 Å². The average Bonchev–Trinajstić information content (AvgIpc) is 3.06. The number of fused-ring (bicyclic) bond motifs is 4. The minimum atomic E-state index is 0.350. The summed E-state index contributed by atoms with van der Waals surface area (Å²) in [7, 11) is 0. The fraction of sp³-hybridized carbons (Fsp3) is 0.125. The van der Waals surface area contributed by atoms with E-state index in [1.165, 1.54) is 32.7 Å². The highest BCUT2D eigenvalue weighted by Gasteiger charge is 2.16. The van der Waals surface area contributed by atoms with Crippen molar-refractivity contribution in [3.8, 4) is 5.69 Å². The quantitative estimate of drug-likeness (QED) is 0.338. The van der Waals surface area contributed by atoms with E-state index in [0.29, 0.717) is 5.92 Å². The minimum Gasteiger partial charge on any atom is -0.296 e. The SMILES string of the molecule is CC(C)c1nc2cc3c(ccc4ccccc43)cc2n1-c1ccccc1. The molecule has 0 aliphatic carbocycles. The molecular formula is C24H20N2. The third-order valence-corrected chi connectivity index (χ3v) is 5.08. The molecule has 5 rings (SSSR count). The maximum Gasteiger partial charge on any atom is 0.117 e. The van der Waals surface area contributed by atoms with Gasteiger partial charge in [-0.2, -0.15) is 0 Å². The summed E-state index contributed by atoms with van der Waals surface area (Å²) in [6.45, 7) is 4.41. The summed E-state index contributed by atoms with van der Waals surface area (Å²) in [5.74, 6) is 1.45. The lowest BCUT2D eigenvalue weighted by atomic mass is 10.0. The smallest absolute Gasteiger partial charge is 0.117 e. The normalized spacial score (nSPS) is 11.8. The molecular weight excluding hydrogens is 316 g/mol. The lowest BCUT2D eigenvalue weighted by Gasteiger charge is -2.12. The van der Waals surface area contributed by atoms with E-state index in [1.807, 2.05) is 0 Å². The Morgan fingerprint density at radius 3 is 2.27 bits per heavy atom. The van der Waals surface area contributed by atoms with Gasteiger partial charge in [-0.3, -0.25) is 4.57 Å².